The van der Waals surface area contributed by atoms with Crippen molar-refractivity contribution in [3.8, 4) is 6.07 Å². The molecule has 0 aromatic carbocycles. The molecule has 2 heteroatoms. The second kappa shape index (κ2) is 7.93. The molecule has 0 rings (SSSR count). The van der Waals surface area contributed by atoms with E-state index < -0.39 is 0 Å². The molecule has 0 heterocycles. The number of hydrogen-bond acceptors (Lipinski definition) is 2. The van der Waals surface area contributed by atoms with Gasteiger partial charge in [-0.3, -0.25) is 0 Å². The molecular weight excluding hydrogens is 126 g/mol. The highest BCUT2D eigenvalue weighted by molar-refractivity contribution is 5.02. The second-order valence-corrected chi connectivity index (χ2v) is 1.74. The molecular formula is C8H11NO. The van der Waals surface area contributed by atoms with Crippen LogP contribution in [0.4, 0.5) is 0 Å². The van der Waals surface area contributed by atoms with Gasteiger partial charge in [-0.1, -0.05) is 24.3 Å². The van der Waals surface area contributed by atoms with Crippen molar-refractivity contribution < 1.29 is 5.11 Å². The van der Waals surface area contributed by atoms with Gasteiger partial charge in [0.15, 0.2) is 0 Å². The molecule has 0 spiro atoms. The van der Waals surface area contributed by atoms with Crippen molar-refractivity contribution in [3.05, 3.63) is 24.3 Å². The minimum absolute atomic E-state index is 0.0720. The maximum atomic E-state index is 8.30. The Bertz CT molecular complexity index is 153. The van der Waals surface area contributed by atoms with E-state index in [-0.39, 0.29) is 6.61 Å². The van der Waals surface area contributed by atoms with Crippen LogP contribution in [0.15, 0.2) is 24.3 Å². The highest BCUT2D eigenvalue weighted by Crippen LogP contribution is 1.88. The zero-order valence-corrected chi connectivity index (χ0v) is 5.83. The second-order valence-electron chi connectivity index (χ2n) is 1.74. The molecule has 0 aliphatic carbocycles. The Morgan fingerprint density at radius 1 is 1.30 bits per heavy atom. The fourth-order valence-corrected chi connectivity index (χ4v) is 0.462. The topological polar surface area (TPSA) is 44.0 Å². The lowest BCUT2D eigenvalue weighted by atomic mass is 10.3. The van der Waals surface area contributed by atoms with Crippen LogP contribution in [0, 0.1) is 11.3 Å². The first kappa shape index (κ1) is 8.93. The van der Waals surface area contributed by atoms with Crippen molar-refractivity contribution in [1.29, 1.82) is 5.26 Å². The number of hydrogen-bond donors (Lipinski definition) is 1. The molecule has 0 saturated carbocycles. The van der Waals surface area contributed by atoms with Crippen LogP contribution >= 0.6 is 0 Å². The van der Waals surface area contributed by atoms with Crippen LogP contribution in [-0.2, 0) is 0 Å². The first-order valence-electron chi connectivity index (χ1n) is 3.21. The van der Waals surface area contributed by atoms with E-state index in [2.05, 4.69) is 0 Å². The lowest BCUT2D eigenvalue weighted by Gasteiger charge is -1.78. The molecule has 0 amide bonds. The fraction of sp³-hybridized carbons (Fsp3) is 0.375. The van der Waals surface area contributed by atoms with Gasteiger partial charge in [0.05, 0.1) is 12.7 Å². The van der Waals surface area contributed by atoms with Crippen LogP contribution in [0.2, 0.25) is 0 Å². The number of rotatable bonds is 4. The van der Waals surface area contributed by atoms with Gasteiger partial charge in [0, 0.05) is 6.42 Å². The van der Waals surface area contributed by atoms with E-state index in [4.69, 9.17) is 10.4 Å². The normalized spacial score (nSPS) is 10.8. The predicted molar refractivity (Wildman–Crippen MR) is 40.2 cm³/mol. The Morgan fingerprint density at radius 2 is 2.00 bits per heavy atom. The van der Waals surface area contributed by atoms with Crippen molar-refractivity contribution >= 4 is 0 Å². The summed E-state index contributed by atoms with van der Waals surface area (Å²) in [6.45, 7) is 0.0720. The van der Waals surface area contributed by atoms with Gasteiger partial charge in [0.1, 0.15) is 0 Å². The lowest BCUT2D eigenvalue weighted by Crippen LogP contribution is -1.68. The summed E-state index contributed by atoms with van der Waals surface area (Å²) < 4.78 is 0. The quantitative estimate of drug-likeness (QED) is 0.470. The molecule has 0 saturated heterocycles. The van der Waals surface area contributed by atoms with E-state index in [0.29, 0.717) is 6.42 Å². The Balaban J connectivity index is 3.22. The van der Waals surface area contributed by atoms with E-state index in [1.54, 1.807) is 12.2 Å². The molecule has 10 heavy (non-hydrogen) atoms. The lowest BCUT2D eigenvalue weighted by molar-refractivity contribution is 0.343. The Kier molecular flexibility index (Phi) is 7.08. The SMILES string of the molecule is N#CCC/C=C/C=C/CO. The minimum Gasteiger partial charge on any atom is -0.392 e. The van der Waals surface area contributed by atoms with Gasteiger partial charge in [-0.25, -0.2) is 0 Å². The zero-order valence-electron chi connectivity index (χ0n) is 5.83. The third kappa shape index (κ3) is 6.93. The fourth-order valence-electron chi connectivity index (χ4n) is 0.462. The molecule has 0 aromatic rings. The average Bonchev–Trinajstić information content (AvgIpc) is 1.97. The van der Waals surface area contributed by atoms with Crippen LogP contribution < -0.4 is 0 Å². The smallest absolute Gasteiger partial charge is 0.0625 e. The van der Waals surface area contributed by atoms with Crippen LogP contribution in [0.5, 0.6) is 0 Å². The number of nitrogens with zero attached hydrogens (tertiary/aromatic N) is 1. The Morgan fingerprint density at radius 3 is 2.60 bits per heavy atom. The standard InChI is InChI=1S/C8H11NO/c9-7-5-3-1-2-4-6-8-10/h1-2,4,6,10H,3,5,8H2/b2-1+,6-4+. The largest absolute Gasteiger partial charge is 0.392 e. The molecule has 54 valence electrons. The third-order valence-electron chi connectivity index (χ3n) is 0.911. The predicted octanol–water partition coefficient (Wildman–Crippen LogP) is 1.39. The Labute approximate surface area is 61.1 Å². The van der Waals surface area contributed by atoms with Crippen LogP contribution in [-0.4, -0.2) is 11.7 Å². The van der Waals surface area contributed by atoms with Crippen molar-refractivity contribution in [2.45, 2.75) is 12.8 Å². The van der Waals surface area contributed by atoms with Crippen molar-refractivity contribution in [2.24, 2.45) is 0 Å². The van der Waals surface area contributed by atoms with E-state index in [9.17, 15) is 0 Å². The molecule has 0 fully saturated rings. The molecule has 0 unspecified atom stereocenters. The van der Waals surface area contributed by atoms with Gasteiger partial charge >= 0.3 is 0 Å². The van der Waals surface area contributed by atoms with Crippen LogP contribution in [0.25, 0.3) is 0 Å². The number of aliphatic hydroxyl groups is 1. The number of nitriles is 1. The van der Waals surface area contributed by atoms with Gasteiger partial charge in [-0.2, -0.15) is 5.26 Å². The average molecular weight is 137 g/mol. The van der Waals surface area contributed by atoms with E-state index >= 15 is 0 Å². The molecule has 0 radical (unpaired) electrons. The summed E-state index contributed by atoms with van der Waals surface area (Å²) in [5, 5.41) is 16.4. The summed E-state index contributed by atoms with van der Waals surface area (Å²) in [7, 11) is 0. The molecule has 0 aliphatic rings. The highest BCUT2D eigenvalue weighted by Gasteiger charge is 1.73. The van der Waals surface area contributed by atoms with Gasteiger partial charge in [0.25, 0.3) is 0 Å². The molecule has 1 N–H and O–H groups in total. The molecule has 0 aromatic heterocycles. The van der Waals surface area contributed by atoms with Gasteiger partial charge in [-0.05, 0) is 6.42 Å². The number of aliphatic hydroxyl groups excluding tert-OH is 1. The minimum atomic E-state index is 0.0720. The number of allylic oxidation sites excluding steroid dienone is 3. The van der Waals surface area contributed by atoms with E-state index in [1.165, 1.54) is 0 Å². The number of unbranched alkanes of at least 4 members (excludes halogenated alkanes) is 1. The summed E-state index contributed by atoms with van der Waals surface area (Å²) in [5.41, 5.74) is 0. The molecule has 0 aliphatic heterocycles. The first-order chi connectivity index (χ1) is 4.91. The van der Waals surface area contributed by atoms with Crippen molar-refractivity contribution in [3.63, 3.8) is 0 Å². The van der Waals surface area contributed by atoms with Gasteiger partial charge in [0.2, 0.25) is 0 Å². The van der Waals surface area contributed by atoms with E-state index in [1.807, 2.05) is 18.2 Å². The van der Waals surface area contributed by atoms with Crippen molar-refractivity contribution in [2.75, 3.05) is 6.61 Å². The van der Waals surface area contributed by atoms with Crippen LogP contribution in [0.1, 0.15) is 12.8 Å². The summed E-state index contributed by atoms with van der Waals surface area (Å²) in [6.07, 6.45) is 8.47. The molecule has 2 nitrogen and oxygen atoms in total. The summed E-state index contributed by atoms with van der Waals surface area (Å²) in [5.74, 6) is 0. The van der Waals surface area contributed by atoms with Gasteiger partial charge in [-0.15, -0.1) is 0 Å². The summed E-state index contributed by atoms with van der Waals surface area (Å²) in [4.78, 5) is 0. The zero-order chi connectivity index (χ0) is 7.66. The van der Waals surface area contributed by atoms with Crippen molar-refractivity contribution in [1.82, 2.24) is 0 Å². The monoisotopic (exact) mass is 137 g/mol. The highest BCUT2D eigenvalue weighted by atomic mass is 16.2. The summed E-state index contributed by atoms with van der Waals surface area (Å²) in [6, 6.07) is 2.03. The van der Waals surface area contributed by atoms with E-state index in [0.717, 1.165) is 6.42 Å². The maximum Gasteiger partial charge on any atom is 0.0625 e. The van der Waals surface area contributed by atoms with Gasteiger partial charge < -0.3 is 5.11 Å². The maximum absolute atomic E-state index is 8.30. The first-order valence-corrected chi connectivity index (χ1v) is 3.21. The molecule has 0 atom stereocenters. The third-order valence-corrected chi connectivity index (χ3v) is 0.911. The molecule has 0 bridgehead atoms. The summed E-state index contributed by atoms with van der Waals surface area (Å²) >= 11 is 0. The Hall–Kier alpha value is -1.07. The van der Waals surface area contributed by atoms with Crippen LogP contribution in [0.3, 0.4) is 0 Å².